The molecule has 144 valence electrons. The summed E-state index contributed by atoms with van der Waals surface area (Å²) in [7, 11) is 0. The summed E-state index contributed by atoms with van der Waals surface area (Å²) in [6.07, 6.45) is 1.43. The third kappa shape index (κ3) is 3.87. The van der Waals surface area contributed by atoms with E-state index in [1.807, 2.05) is 30.3 Å². The molecule has 3 aromatic carbocycles. The number of benzene rings is 3. The molecule has 0 atom stereocenters. The number of aromatic nitrogens is 1. The lowest BCUT2D eigenvalue weighted by Crippen LogP contribution is -2.11. The first-order valence-electron chi connectivity index (χ1n) is 8.97. The Kier molecular flexibility index (Phi) is 4.83. The van der Waals surface area contributed by atoms with Gasteiger partial charge in [0.15, 0.2) is 0 Å². The highest BCUT2D eigenvalue weighted by Crippen LogP contribution is 2.25. The number of para-hydroxylation sites is 1. The summed E-state index contributed by atoms with van der Waals surface area (Å²) in [5, 5.41) is 3.15. The maximum Gasteiger partial charge on any atom is 0.257 e. The predicted molar refractivity (Wildman–Crippen MR) is 109 cm³/mol. The number of rotatable bonds is 4. The molecule has 0 spiro atoms. The third-order valence-corrected chi connectivity index (χ3v) is 4.44. The molecule has 0 radical (unpaired) electrons. The van der Waals surface area contributed by atoms with Gasteiger partial charge in [0.05, 0.1) is 11.1 Å². The molecule has 0 saturated carbocycles. The fourth-order valence-corrected chi connectivity index (χ4v) is 3.07. The van der Waals surface area contributed by atoms with Crippen molar-refractivity contribution in [3.63, 3.8) is 0 Å². The van der Waals surface area contributed by atoms with Gasteiger partial charge >= 0.3 is 0 Å². The first kappa shape index (κ1) is 18.4. The normalized spacial score (nSPS) is 10.7. The molecule has 5 nitrogen and oxygen atoms in total. The molecule has 4 aromatic rings. The van der Waals surface area contributed by atoms with E-state index in [9.17, 15) is 14.0 Å². The van der Waals surface area contributed by atoms with Gasteiger partial charge in [-0.15, -0.1) is 0 Å². The van der Waals surface area contributed by atoms with Crippen LogP contribution in [0.25, 0.3) is 10.9 Å². The maximum absolute atomic E-state index is 13.7. The van der Waals surface area contributed by atoms with Crippen molar-refractivity contribution < 1.29 is 18.7 Å². The van der Waals surface area contributed by atoms with Crippen molar-refractivity contribution in [2.24, 2.45) is 0 Å². The number of hydrogen-bond acceptors (Lipinski definition) is 3. The molecule has 0 aliphatic carbocycles. The highest BCUT2D eigenvalue weighted by Gasteiger charge is 2.17. The van der Waals surface area contributed by atoms with E-state index in [1.54, 1.807) is 24.3 Å². The van der Waals surface area contributed by atoms with Gasteiger partial charge < -0.3 is 10.1 Å². The number of anilines is 1. The van der Waals surface area contributed by atoms with Crippen molar-refractivity contribution in [2.75, 3.05) is 5.32 Å². The number of ether oxygens (including phenoxy) is 1. The number of amides is 1. The fraction of sp³-hybridized carbons (Fsp3) is 0.0435. The first-order valence-corrected chi connectivity index (χ1v) is 8.97. The molecule has 6 heteroatoms. The second-order valence-corrected chi connectivity index (χ2v) is 6.49. The molecular weight excluding hydrogens is 371 g/mol. The van der Waals surface area contributed by atoms with Gasteiger partial charge in [0.25, 0.3) is 5.91 Å². The smallest absolute Gasteiger partial charge is 0.257 e. The van der Waals surface area contributed by atoms with E-state index in [0.29, 0.717) is 28.1 Å². The summed E-state index contributed by atoms with van der Waals surface area (Å²) in [6, 6.07) is 20.2. The van der Waals surface area contributed by atoms with Crippen LogP contribution in [0.1, 0.15) is 22.1 Å². The summed E-state index contributed by atoms with van der Waals surface area (Å²) < 4.78 is 20.8. The van der Waals surface area contributed by atoms with Gasteiger partial charge in [-0.25, -0.2) is 4.39 Å². The Bertz CT molecular complexity index is 1200. The first-order chi connectivity index (χ1) is 14.0. The Balaban J connectivity index is 1.56. The molecule has 29 heavy (non-hydrogen) atoms. The average Bonchev–Trinajstić information content (AvgIpc) is 3.09. The van der Waals surface area contributed by atoms with E-state index in [1.165, 1.54) is 35.9 Å². The van der Waals surface area contributed by atoms with Crippen LogP contribution in [0.3, 0.4) is 0 Å². The maximum atomic E-state index is 13.7. The minimum absolute atomic E-state index is 0.222. The molecule has 0 unspecified atom stereocenters. The summed E-state index contributed by atoms with van der Waals surface area (Å²) in [5.41, 5.74) is 1.26. The minimum atomic E-state index is -0.477. The number of fused-ring (bicyclic) bond motifs is 1. The topological polar surface area (TPSA) is 60.3 Å². The Hall–Kier alpha value is -3.93. The Morgan fingerprint density at radius 1 is 0.931 bits per heavy atom. The number of hydrogen-bond donors (Lipinski definition) is 1. The van der Waals surface area contributed by atoms with Crippen LogP contribution in [0, 0.1) is 5.82 Å². The molecule has 0 bridgehead atoms. The van der Waals surface area contributed by atoms with Crippen molar-refractivity contribution in [1.29, 1.82) is 0 Å². The van der Waals surface area contributed by atoms with Crippen LogP contribution in [-0.4, -0.2) is 16.4 Å². The van der Waals surface area contributed by atoms with Crippen molar-refractivity contribution in [1.82, 2.24) is 4.57 Å². The van der Waals surface area contributed by atoms with E-state index < -0.39 is 11.7 Å². The molecule has 4 rings (SSSR count). The Morgan fingerprint density at radius 3 is 2.31 bits per heavy atom. The van der Waals surface area contributed by atoms with Crippen LogP contribution >= 0.6 is 0 Å². The van der Waals surface area contributed by atoms with Crippen molar-refractivity contribution in [3.05, 3.63) is 90.4 Å². The van der Waals surface area contributed by atoms with Crippen LogP contribution in [0.4, 0.5) is 10.1 Å². The zero-order valence-corrected chi connectivity index (χ0v) is 15.6. The van der Waals surface area contributed by atoms with Gasteiger partial charge in [-0.05, 0) is 54.6 Å². The molecule has 0 aliphatic heterocycles. The summed E-state index contributed by atoms with van der Waals surface area (Å²) in [5.74, 6) is 0.170. The highest BCUT2D eigenvalue weighted by atomic mass is 19.1. The van der Waals surface area contributed by atoms with Crippen molar-refractivity contribution >= 4 is 28.4 Å². The number of carbonyl (C=O) groups is 2. The van der Waals surface area contributed by atoms with Crippen LogP contribution in [0.5, 0.6) is 11.5 Å². The minimum Gasteiger partial charge on any atom is -0.457 e. The van der Waals surface area contributed by atoms with Crippen LogP contribution < -0.4 is 10.1 Å². The fourth-order valence-electron chi connectivity index (χ4n) is 3.07. The van der Waals surface area contributed by atoms with E-state index >= 15 is 0 Å². The molecule has 0 aliphatic rings. The second kappa shape index (κ2) is 7.59. The van der Waals surface area contributed by atoms with Crippen molar-refractivity contribution in [3.8, 4) is 11.5 Å². The number of nitrogens with one attached hydrogen (secondary N) is 1. The monoisotopic (exact) mass is 388 g/mol. The lowest BCUT2D eigenvalue weighted by Gasteiger charge is -2.08. The van der Waals surface area contributed by atoms with Gasteiger partial charge in [-0.3, -0.25) is 14.2 Å². The number of nitrogens with zero attached hydrogens (tertiary/aromatic N) is 1. The van der Waals surface area contributed by atoms with Gasteiger partial charge in [0.1, 0.15) is 17.3 Å². The van der Waals surface area contributed by atoms with Crippen molar-refractivity contribution in [2.45, 2.75) is 6.92 Å². The van der Waals surface area contributed by atoms with Gasteiger partial charge in [-0.1, -0.05) is 18.2 Å². The lowest BCUT2D eigenvalue weighted by molar-refractivity contribution is 0.0941. The summed E-state index contributed by atoms with van der Waals surface area (Å²) >= 11 is 0. The SMILES string of the molecule is CC(=O)n1cc(C(=O)Nc2ccc(Oc3ccccc3)cc2)c2cc(F)ccc21. The van der Waals surface area contributed by atoms with E-state index in [0.717, 1.165) is 0 Å². The van der Waals surface area contributed by atoms with E-state index in [-0.39, 0.29) is 11.5 Å². The zero-order valence-electron chi connectivity index (χ0n) is 15.6. The second-order valence-electron chi connectivity index (χ2n) is 6.49. The zero-order chi connectivity index (χ0) is 20.4. The molecule has 0 saturated heterocycles. The largest absolute Gasteiger partial charge is 0.457 e. The molecule has 1 amide bonds. The van der Waals surface area contributed by atoms with Crippen LogP contribution in [0.2, 0.25) is 0 Å². The quantitative estimate of drug-likeness (QED) is 0.503. The standard InChI is InChI=1S/C23H17FN2O3/c1-15(27)26-14-21(20-13-16(24)7-12-22(20)26)23(28)25-17-8-10-19(11-9-17)29-18-5-3-2-4-6-18/h2-14H,1H3,(H,25,28). The Labute approximate surface area is 166 Å². The number of halogens is 1. The molecular formula is C23H17FN2O3. The molecule has 1 aromatic heterocycles. The third-order valence-electron chi connectivity index (χ3n) is 4.44. The molecule has 0 fully saturated rings. The lowest BCUT2D eigenvalue weighted by atomic mass is 10.1. The average molecular weight is 388 g/mol. The summed E-state index contributed by atoms with van der Waals surface area (Å²) in [6.45, 7) is 1.38. The van der Waals surface area contributed by atoms with E-state index in [4.69, 9.17) is 4.74 Å². The van der Waals surface area contributed by atoms with Gasteiger partial charge in [0.2, 0.25) is 5.91 Å². The molecule has 1 heterocycles. The van der Waals surface area contributed by atoms with Gasteiger partial charge in [0, 0.05) is 24.2 Å². The Morgan fingerprint density at radius 2 is 1.62 bits per heavy atom. The van der Waals surface area contributed by atoms with Crippen LogP contribution in [-0.2, 0) is 0 Å². The predicted octanol–water partition coefficient (Wildman–Crippen LogP) is 5.49. The van der Waals surface area contributed by atoms with Gasteiger partial charge in [-0.2, -0.15) is 0 Å². The highest BCUT2D eigenvalue weighted by molar-refractivity contribution is 6.14. The molecule has 1 N–H and O–H groups in total. The van der Waals surface area contributed by atoms with Crippen LogP contribution in [0.15, 0.2) is 79.0 Å². The van der Waals surface area contributed by atoms with E-state index in [2.05, 4.69) is 5.32 Å². The number of carbonyl (C=O) groups excluding carboxylic acids is 2. The summed E-state index contributed by atoms with van der Waals surface area (Å²) in [4.78, 5) is 24.6.